The van der Waals surface area contributed by atoms with E-state index in [9.17, 15) is 17.6 Å². The summed E-state index contributed by atoms with van der Waals surface area (Å²) < 4.78 is 51.4. The van der Waals surface area contributed by atoms with Crippen LogP contribution in [0.15, 0.2) is 35.5 Å². The van der Waals surface area contributed by atoms with Gasteiger partial charge in [-0.1, -0.05) is 0 Å². The van der Waals surface area contributed by atoms with Crippen molar-refractivity contribution in [1.82, 2.24) is 9.55 Å². The van der Waals surface area contributed by atoms with Crippen molar-refractivity contribution in [3.63, 3.8) is 0 Å². The Morgan fingerprint density at radius 1 is 1.22 bits per heavy atom. The topological polar surface area (TPSA) is 17.8 Å². The Balaban J connectivity index is 2.07. The van der Waals surface area contributed by atoms with Crippen molar-refractivity contribution < 1.29 is 17.6 Å². The molecule has 96 valence electrons. The van der Waals surface area contributed by atoms with Crippen LogP contribution in [-0.4, -0.2) is 9.55 Å². The highest BCUT2D eigenvalue weighted by Crippen LogP contribution is 2.25. The minimum atomic E-state index is -2.66. The third kappa shape index (κ3) is 2.84. The fourth-order valence-corrected chi connectivity index (χ4v) is 2.22. The van der Waals surface area contributed by atoms with Crippen molar-refractivity contribution in [3.05, 3.63) is 48.1 Å². The molecule has 0 fully saturated rings. The van der Waals surface area contributed by atoms with Crippen LogP contribution in [0.5, 0.6) is 0 Å². The first kappa shape index (κ1) is 12.9. The first-order valence-electron chi connectivity index (χ1n) is 4.95. The van der Waals surface area contributed by atoms with E-state index in [1.54, 1.807) is 0 Å². The second kappa shape index (κ2) is 5.43. The molecule has 0 aliphatic carbocycles. The number of nitrogens with zero attached hydrogens (tertiary/aromatic N) is 2. The van der Waals surface area contributed by atoms with Gasteiger partial charge in [-0.3, -0.25) is 4.57 Å². The van der Waals surface area contributed by atoms with Gasteiger partial charge in [0.2, 0.25) is 0 Å². The normalized spacial score (nSPS) is 11.2. The van der Waals surface area contributed by atoms with Gasteiger partial charge in [0.05, 0.1) is 5.75 Å². The Morgan fingerprint density at radius 3 is 2.67 bits per heavy atom. The zero-order valence-corrected chi connectivity index (χ0v) is 9.80. The Kier molecular flexibility index (Phi) is 3.90. The molecule has 18 heavy (non-hydrogen) atoms. The van der Waals surface area contributed by atoms with E-state index >= 15 is 0 Å². The van der Waals surface area contributed by atoms with Gasteiger partial charge in [0.25, 0.3) is 0 Å². The molecule has 1 aromatic carbocycles. The molecule has 0 atom stereocenters. The summed E-state index contributed by atoms with van der Waals surface area (Å²) in [7, 11) is 0. The Bertz CT molecular complexity index is 542. The van der Waals surface area contributed by atoms with Gasteiger partial charge >= 0.3 is 6.55 Å². The lowest BCUT2D eigenvalue weighted by molar-refractivity contribution is 0.0678. The Hall–Kier alpha value is -1.50. The summed E-state index contributed by atoms with van der Waals surface area (Å²) in [5.74, 6) is -1.56. The van der Waals surface area contributed by atoms with Crippen LogP contribution in [0.4, 0.5) is 17.6 Å². The molecule has 0 bridgehead atoms. The third-order valence-electron chi connectivity index (χ3n) is 2.22. The van der Waals surface area contributed by atoms with Crippen LogP contribution in [0.1, 0.15) is 12.4 Å². The van der Waals surface area contributed by atoms with Crippen molar-refractivity contribution in [3.8, 4) is 0 Å². The summed E-state index contributed by atoms with van der Waals surface area (Å²) in [4.78, 5) is 4.24. The first-order valence-corrected chi connectivity index (χ1v) is 5.94. The number of alkyl halides is 2. The van der Waals surface area contributed by atoms with Crippen molar-refractivity contribution >= 4 is 11.8 Å². The first-order chi connectivity index (χ1) is 8.58. The van der Waals surface area contributed by atoms with E-state index in [1.807, 2.05) is 0 Å². The molecule has 0 aliphatic heterocycles. The predicted molar refractivity (Wildman–Crippen MR) is 59.4 cm³/mol. The van der Waals surface area contributed by atoms with Gasteiger partial charge in [-0.15, -0.1) is 11.8 Å². The molecule has 0 N–H and O–H groups in total. The highest BCUT2D eigenvalue weighted by atomic mass is 32.2. The van der Waals surface area contributed by atoms with Crippen molar-refractivity contribution in [1.29, 1.82) is 0 Å². The van der Waals surface area contributed by atoms with Gasteiger partial charge < -0.3 is 0 Å². The fraction of sp³-hybridized carbons (Fsp3) is 0.182. The molecule has 7 heteroatoms. The molecule has 2 aromatic rings. The number of imidazole rings is 1. The molecular weight excluding hydrogens is 268 g/mol. The monoisotopic (exact) mass is 276 g/mol. The highest BCUT2D eigenvalue weighted by molar-refractivity contribution is 7.98. The SMILES string of the molecule is Fc1ccc(SCc2nccn2C(F)F)cc1F. The number of hydrogen-bond acceptors (Lipinski definition) is 2. The maximum atomic E-state index is 12.9. The lowest BCUT2D eigenvalue weighted by Gasteiger charge is -2.06. The van der Waals surface area contributed by atoms with Gasteiger partial charge in [-0.25, -0.2) is 13.8 Å². The second-order valence-corrected chi connectivity index (χ2v) is 4.44. The van der Waals surface area contributed by atoms with Crippen LogP contribution in [0.25, 0.3) is 0 Å². The van der Waals surface area contributed by atoms with Crippen LogP contribution in [0.3, 0.4) is 0 Å². The molecule has 0 saturated carbocycles. The number of thioether (sulfide) groups is 1. The quantitative estimate of drug-likeness (QED) is 0.623. The van der Waals surface area contributed by atoms with Crippen molar-refractivity contribution in [2.75, 3.05) is 0 Å². The maximum Gasteiger partial charge on any atom is 0.319 e. The number of benzene rings is 1. The van der Waals surface area contributed by atoms with Crippen molar-refractivity contribution in [2.24, 2.45) is 0 Å². The lowest BCUT2D eigenvalue weighted by Crippen LogP contribution is -2.02. The van der Waals surface area contributed by atoms with E-state index in [0.29, 0.717) is 4.90 Å². The average molecular weight is 276 g/mol. The number of aromatic nitrogens is 2. The standard InChI is InChI=1S/C11H8F4N2S/c12-8-2-1-7(5-9(8)13)18-6-10-16-3-4-17(10)11(14)15/h1-5,11H,6H2. The molecular formula is C11H8F4N2S. The van der Waals surface area contributed by atoms with Gasteiger partial charge in [0.1, 0.15) is 5.82 Å². The van der Waals surface area contributed by atoms with E-state index in [1.165, 1.54) is 18.5 Å². The van der Waals surface area contributed by atoms with E-state index in [0.717, 1.165) is 28.5 Å². The molecule has 2 nitrogen and oxygen atoms in total. The summed E-state index contributed by atoms with van der Waals surface area (Å²) in [6.45, 7) is -2.66. The van der Waals surface area contributed by atoms with Crippen LogP contribution < -0.4 is 0 Å². The summed E-state index contributed by atoms with van der Waals surface area (Å²) in [5.41, 5.74) is 0. The number of halogens is 4. The van der Waals surface area contributed by atoms with Gasteiger partial charge in [0, 0.05) is 17.3 Å². The molecule has 0 aliphatic rings. The van der Waals surface area contributed by atoms with E-state index in [-0.39, 0.29) is 11.6 Å². The maximum absolute atomic E-state index is 12.9. The average Bonchev–Trinajstić information content (AvgIpc) is 2.79. The molecule has 0 amide bonds. The second-order valence-electron chi connectivity index (χ2n) is 3.39. The zero-order chi connectivity index (χ0) is 13.1. The van der Waals surface area contributed by atoms with Gasteiger partial charge in [-0.2, -0.15) is 8.78 Å². The molecule has 0 unspecified atom stereocenters. The summed E-state index contributed by atoms with van der Waals surface area (Å²) in [5, 5.41) is 0. The molecule has 2 rings (SSSR count). The van der Waals surface area contributed by atoms with Crippen molar-refractivity contribution in [2.45, 2.75) is 17.2 Å². The molecule has 1 heterocycles. The third-order valence-corrected chi connectivity index (χ3v) is 3.21. The largest absolute Gasteiger partial charge is 0.319 e. The minimum absolute atomic E-state index is 0.155. The van der Waals surface area contributed by atoms with E-state index in [2.05, 4.69) is 4.98 Å². The zero-order valence-electron chi connectivity index (χ0n) is 8.99. The van der Waals surface area contributed by atoms with E-state index in [4.69, 9.17) is 0 Å². The molecule has 0 radical (unpaired) electrons. The molecule has 0 spiro atoms. The fourth-order valence-electron chi connectivity index (χ4n) is 1.35. The summed E-state index contributed by atoms with van der Waals surface area (Å²) in [6.07, 6.45) is 2.44. The Labute approximate surface area is 105 Å². The van der Waals surface area contributed by atoms with Gasteiger partial charge in [-0.05, 0) is 18.2 Å². The minimum Gasteiger partial charge on any atom is -0.277 e. The molecule has 0 saturated heterocycles. The summed E-state index contributed by atoms with van der Waals surface area (Å²) >= 11 is 1.11. The van der Waals surface area contributed by atoms with Crippen LogP contribution in [0, 0.1) is 11.6 Å². The smallest absolute Gasteiger partial charge is 0.277 e. The van der Waals surface area contributed by atoms with Gasteiger partial charge in [0.15, 0.2) is 11.6 Å². The lowest BCUT2D eigenvalue weighted by atomic mass is 10.3. The number of rotatable bonds is 4. The summed E-state index contributed by atoms with van der Waals surface area (Å²) in [6, 6.07) is 3.41. The molecule has 1 aromatic heterocycles. The highest BCUT2D eigenvalue weighted by Gasteiger charge is 2.11. The predicted octanol–water partition coefficient (Wildman–Crippen LogP) is 3.85. The van der Waals surface area contributed by atoms with E-state index < -0.39 is 18.2 Å². The van der Waals surface area contributed by atoms with Crippen LogP contribution in [-0.2, 0) is 5.75 Å². The Morgan fingerprint density at radius 2 is 2.00 bits per heavy atom. The van der Waals surface area contributed by atoms with Crippen LogP contribution in [0.2, 0.25) is 0 Å². The van der Waals surface area contributed by atoms with Crippen LogP contribution >= 0.6 is 11.8 Å². The number of hydrogen-bond donors (Lipinski definition) is 0.